The zero-order valence-corrected chi connectivity index (χ0v) is 16.7. The van der Waals surface area contributed by atoms with Gasteiger partial charge in [0.25, 0.3) is 5.91 Å². The van der Waals surface area contributed by atoms with E-state index < -0.39 is 0 Å². The topological polar surface area (TPSA) is 72.9 Å². The van der Waals surface area contributed by atoms with Gasteiger partial charge in [0.15, 0.2) is 11.5 Å². The molecule has 8 nitrogen and oxygen atoms in total. The Balaban J connectivity index is 1.34. The van der Waals surface area contributed by atoms with Gasteiger partial charge < -0.3 is 19.6 Å². The van der Waals surface area contributed by atoms with Crippen molar-refractivity contribution in [2.24, 2.45) is 0 Å². The highest BCUT2D eigenvalue weighted by Gasteiger charge is 2.24. The quantitative estimate of drug-likeness (QED) is 0.721. The van der Waals surface area contributed by atoms with E-state index in [4.69, 9.17) is 0 Å². The van der Waals surface area contributed by atoms with Crippen molar-refractivity contribution in [3.05, 3.63) is 47.7 Å². The number of aromatic nitrogens is 2. The molecule has 2 aliphatic heterocycles. The summed E-state index contributed by atoms with van der Waals surface area (Å²) in [5, 5.41) is 8.43. The Kier molecular flexibility index (Phi) is 5.59. The first-order chi connectivity index (χ1) is 14.1. The highest BCUT2D eigenvalue weighted by Crippen LogP contribution is 2.19. The molecule has 2 fully saturated rings. The first-order valence-electron chi connectivity index (χ1n) is 10.0. The lowest BCUT2D eigenvalue weighted by atomic mass is 10.2. The molecule has 2 amide bonds. The number of hydrogen-bond acceptors (Lipinski definition) is 6. The van der Waals surface area contributed by atoms with Gasteiger partial charge in [-0.05, 0) is 36.8 Å². The van der Waals surface area contributed by atoms with E-state index in [2.05, 4.69) is 51.2 Å². The number of rotatable bonds is 4. The van der Waals surface area contributed by atoms with Gasteiger partial charge in [-0.25, -0.2) is 0 Å². The molecule has 3 heterocycles. The van der Waals surface area contributed by atoms with Crippen molar-refractivity contribution in [2.45, 2.75) is 6.92 Å². The van der Waals surface area contributed by atoms with Gasteiger partial charge in [-0.2, -0.15) is 0 Å². The predicted molar refractivity (Wildman–Crippen MR) is 111 cm³/mol. The van der Waals surface area contributed by atoms with Crippen molar-refractivity contribution >= 4 is 23.8 Å². The van der Waals surface area contributed by atoms with Crippen molar-refractivity contribution in [1.82, 2.24) is 20.0 Å². The molecule has 0 N–H and O–H groups in total. The van der Waals surface area contributed by atoms with E-state index in [0.29, 0.717) is 31.9 Å². The first-order valence-corrected chi connectivity index (χ1v) is 10.0. The van der Waals surface area contributed by atoms with Crippen molar-refractivity contribution < 1.29 is 9.59 Å². The fourth-order valence-corrected chi connectivity index (χ4v) is 3.82. The number of benzene rings is 1. The highest BCUT2D eigenvalue weighted by atomic mass is 16.2. The largest absolute Gasteiger partial charge is 0.368 e. The second-order valence-electron chi connectivity index (χ2n) is 7.52. The third kappa shape index (κ3) is 4.31. The van der Waals surface area contributed by atoms with Crippen LogP contribution < -0.4 is 9.80 Å². The van der Waals surface area contributed by atoms with Gasteiger partial charge in [-0.3, -0.25) is 9.59 Å². The molecule has 0 spiro atoms. The molecule has 2 saturated heterocycles. The maximum Gasteiger partial charge on any atom is 0.274 e. The van der Waals surface area contributed by atoms with Crippen molar-refractivity contribution in [2.75, 3.05) is 62.2 Å². The van der Waals surface area contributed by atoms with Crippen LogP contribution in [-0.4, -0.2) is 84.7 Å². The zero-order chi connectivity index (χ0) is 20.2. The summed E-state index contributed by atoms with van der Waals surface area (Å²) in [5.74, 6) is 0.676. The molecule has 8 heteroatoms. The predicted octanol–water partition coefficient (Wildman–Crippen LogP) is 1.03. The molecule has 0 atom stereocenters. The molecule has 1 aromatic heterocycles. The van der Waals surface area contributed by atoms with Crippen LogP contribution in [0.15, 0.2) is 36.4 Å². The van der Waals surface area contributed by atoms with Gasteiger partial charge >= 0.3 is 0 Å². The van der Waals surface area contributed by atoms with Crippen LogP contribution in [-0.2, 0) is 4.79 Å². The van der Waals surface area contributed by atoms with Crippen molar-refractivity contribution in [3.8, 4) is 0 Å². The molecule has 29 heavy (non-hydrogen) atoms. The Morgan fingerprint density at radius 2 is 1.62 bits per heavy atom. The fourth-order valence-electron chi connectivity index (χ4n) is 3.82. The molecule has 152 valence electrons. The molecule has 0 saturated carbocycles. The van der Waals surface area contributed by atoms with Crippen LogP contribution in [0.5, 0.6) is 0 Å². The summed E-state index contributed by atoms with van der Waals surface area (Å²) in [6, 6.07) is 12.1. The van der Waals surface area contributed by atoms with Gasteiger partial charge in [-0.1, -0.05) is 12.1 Å². The van der Waals surface area contributed by atoms with E-state index in [-0.39, 0.29) is 5.91 Å². The van der Waals surface area contributed by atoms with Crippen LogP contribution in [0.4, 0.5) is 11.5 Å². The molecule has 2 aromatic rings. The summed E-state index contributed by atoms with van der Waals surface area (Å²) in [4.78, 5) is 31.6. The summed E-state index contributed by atoms with van der Waals surface area (Å²) in [7, 11) is 0. The van der Waals surface area contributed by atoms with Gasteiger partial charge in [0.2, 0.25) is 6.41 Å². The lowest BCUT2D eigenvalue weighted by Gasteiger charge is -2.36. The van der Waals surface area contributed by atoms with E-state index >= 15 is 0 Å². The Morgan fingerprint density at radius 1 is 0.897 bits per heavy atom. The van der Waals surface area contributed by atoms with Crippen LogP contribution in [0.1, 0.15) is 16.1 Å². The Hall–Kier alpha value is -3.16. The third-order valence-corrected chi connectivity index (χ3v) is 5.59. The minimum Gasteiger partial charge on any atom is -0.368 e. The molecule has 0 unspecified atom stereocenters. The van der Waals surface area contributed by atoms with E-state index in [9.17, 15) is 9.59 Å². The van der Waals surface area contributed by atoms with E-state index in [1.165, 1.54) is 11.3 Å². The standard InChI is InChI=1S/C21H26N6O2/c1-17-3-2-4-18(15-17)25-11-13-27(14-12-25)21(29)19-5-6-20(23-22-19)26-9-7-24(16-28)8-10-26/h2-6,15-16H,7-14H2,1H3. The number of nitrogens with zero attached hydrogens (tertiary/aromatic N) is 6. The first kappa shape index (κ1) is 19.2. The number of amides is 2. The van der Waals surface area contributed by atoms with Crippen LogP contribution in [0.2, 0.25) is 0 Å². The summed E-state index contributed by atoms with van der Waals surface area (Å²) >= 11 is 0. The summed E-state index contributed by atoms with van der Waals surface area (Å²) in [6.07, 6.45) is 0.878. The molecule has 2 aliphatic rings. The second kappa shape index (κ2) is 8.46. The van der Waals surface area contributed by atoms with E-state index in [0.717, 1.165) is 38.4 Å². The number of hydrogen-bond donors (Lipinski definition) is 0. The fraction of sp³-hybridized carbons (Fsp3) is 0.429. The van der Waals surface area contributed by atoms with Gasteiger partial charge in [-0.15, -0.1) is 10.2 Å². The average molecular weight is 394 g/mol. The Bertz CT molecular complexity index is 856. The molecule has 0 radical (unpaired) electrons. The normalized spacial score (nSPS) is 17.4. The maximum absolute atomic E-state index is 12.8. The number of carbonyl (C=O) groups is 2. The Labute approximate surface area is 170 Å². The zero-order valence-electron chi connectivity index (χ0n) is 16.7. The molecule has 4 rings (SSSR count). The third-order valence-electron chi connectivity index (χ3n) is 5.59. The molecule has 1 aromatic carbocycles. The monoisotopic (exact) mass is 394 g/mol. The number of piperazine rings is 2. The second-order valence-corrected chi connectivity index (χ2v) is 7.52. The lowest BCUT2D eigenvalue weighted by Crippen LogP contribution is -2.49. The summed E-state index contributed by atoms with van der Waals surface area (Å²) in [6.45, 7) is 7.85. The SMILES string of the molecule is Cc1cccc(N2CCN(C(=O)c3ccc(N4CCN(C=O)CC4)nn3)CC2)c1. The molecular weight excluding hydrogens is 368 g/mol. The van der Waals surface area contributed by atoms with Crippen LogP contribution in [0, 0.1) is 6.92 Å². The van der Waals surface area contributed by atoms with Crippen LogP contribution >= 0.6 is 0 Å². The van der Waals surface area contributed by atoms with Crippen LogP contribution in [0.25, 0.3) is 0 Å². The van der Waals surface area contributed by atoms with Crippen molar-refractivity contribution in [1.29, 1.82) is 0 Å². The van der Waals surface area contributed by atoms with E-state index in [1.807, 2.05) is 11.0 Å². The van der Waals surface area contributed by atoms with Gasteiger partial charge in [0.1, 0.15) is 0 Å². The van der Waals surface area contributed by atoms with Gasteiger partial charge in [0, 0.05) is 58.0 Å². The minimum atomic E-state index is -0.0706. The molecule has 0 bridgehead atoms. The molecular formula is C21H26N6O2. The van der Waals surface area contributed by atoms with Crippen molar-refractivity contribution in [3.63, 3.8) is 0 Å². The highest BCUT2D eigenvalue weighted by molar-refractivity contribution is 5.92. The smallest absolute Gasteiger partial charge is 0.274 e. The summed E-state index contributed by atoms with van der Waals surface area (Å²) < 4.78 is 0. The maximum atomic E-state index is 12.8. The van der Waals surface area contributed by atoms with Gasteiger partial charge in [0.05, 0.1) is 0 Å². The lowest BCUT2D eigenvalue weighted by molar-refractivity contribution is -0.118. The van der Waals surface area contributed by atoms with E-state index in [1.54, 1.807) is 11.0 Å². The Morgan fingerprint density at radius 3 is 2.24 bits per heavy atom. The molecule has 0 aliphatic carbocycles. The van der Waals surface area contributed by atoms with Crippen LogP contribution in [0.3, 0.4) is 0 Å². The summed E-state index contributed by atoms with van der Waals surface area (Å²) in [5.41, 5.74) is 2.82. The number of anilines is 2. The number of aryl methyl sites for hydroxylation is 1. The number of carbonyl (C=O) groups excluding carboxylic acids is 2. The minimum absolute atomic E-state index is 0.0706. The average Bonchev–Trinajstić information content (AvgIpc) is 2.79.